The Morgan fingerprint density at radius 3 is 2.94 bits per heavy atom. The number of rotatable bonds is 4. The second kappa shape index (κ2) is 5.08. The SMILES string of the molecule is COc1cccc(CN2C[C@@H](C(=O)[O-])CC2=O)c1. The molecule has 0 aliphatic carbocycles. The van der Waals surface area contributed by atoms with Crippen LogP contribution >= 0.6 is 0 Å². The summed E-state index contributed by atoms with van der Waals surface area (Å²) in [7, 11) is 1.58. The molecule has 1 amide bonds. The first-order valence-corrected chi connectivity index (χ1v) is 5.71. The number of likely N-dealkylation sites (tertiary alicyclic amines) is 1. The van der Waals surface area contributed by atoms with Crippen LogP contribution in [-0.4, -0.2) is 30.4 Å². The Morgan fingerprint density at radius 1 is 1.56 bits per heavy atom. The number of ether oxygens (including phenoxy) is 1. The lowest BCUT2D eigenvalue weighted by Gasteiger charge is -2.17. The fourth-order valence-corrected chi connectivity index (χ4v) is 2.07. The monoisotopic (exact) mass is 248 g/mol. The van der Waals surface area contributed by atoms with Gasteiger partial charge in [0.25, 0.3) is 0 Å². The van der Waals surface area contributed by atoms with Crippen molar-refractivity contribution in [2.24, 2.45) is 5.92 Å². The molecule has 0 radical (unpaired) electrons. The summed E-state index contributed by atoms with van der Waals surface area (Å²) in [6, 6.07) is 7.37. The van der Waals surface area contributed by atoms with Gasteiger partial charge in [-0.25, -0.2) is 0 Å². The maximum absolute atomic E-state index is 11.7. The van der Waals surface area contributed by atoms with Crippen LogP contribution in [-0.2, 0) is 16.1 Å². The standard InChI is InChI=1S/C13H15NO4/c1-18-11-4-2-3-9(5-11)7-14-8-10(13(16)17)6-12(14)15/h2-5,10H,6-8H2,1H3,(H,16,17)/p-1/t10-/m0/s1. The van der Waals surface area contributed by atoms with E-state index in [9.17, 15) is 14.7 Å². The van der Waals surface area contributed by atoms with Gasteiger partial charge in [-0.05, 0) is 17.7 Å². The molecular formula is C13H14NO4-. The first-order chi connectivity index (χ1) is 8.60. The second-order valence-electron chi connectivity index (χ2n) is 4.35. The van der Waals surface area contributed by atoms with Crippen molar-refractivity contribution < 1.29 is 19.4 Å². The maximum atomic E-state index is 11.7. The third-order valence-corrected chi connectivity index (χ3v) is 3.06. The van der Waals surface area contributed by atoms with Gasteiger partial charge in [0.2, 0.25) is 5.91 Å². The molecule has 1 fully saturated rings. The van der Waals surface area contributed by atoms with Gasteiger partial charge < -0.3 is 19.5 Å². The number of methoxy groups -OCH3 is 1. The van der Waals surface area contributed by atoms with Gasteiger partial charge in [-0.2, -0.15) is 0 Å². The van der Waals surface area contributed by atoms with Crippen LogP contribution in [0.1, 0.15) is 12.0 Å². The van der Waals surface area contributed by atoms with Crippen LogP contribution in [0.5, 0.6) is 5.75 Å². The number of hydrogen-bond acceptors (Lipinski definition) is 4. The van der Waals surface area contributed by atoms with Crippen LogP contribution in [0.3, 0.4) is 0 Å². The summed E-state index contributed by atoms with van der Waals surface area (Å²) in [5.74, 6) is -1.28. The molecule has 1 aromatic rings. The molecule has 5 nitrogen and oxygen atoms in total. The van der Waals surface area contributed by atoms with Gasteiger partial charge in [-0.15, -0.1) is 0 Å². The summed E-state index contributed by atoms with van der Waals surface area (Å²) in [6.45, 7) is 0.623. The highest BCUT2D eigenvalue weighted by atomic mass is 16.5. The highest BCUT2D eigenvalue weighted by molar-refractivity contribution is 5.85. The molecule has 18 heavy (non-hydrogen) atoms. The number of carboxylic acid groups (broad SMARTS) is 1. The highest BCUT2D eigenvalue weighted by Gasteiger charge is 2.30. The van der Waals surface area contributed by atoms with Gasteiger partial charge in [0.05, 0.1) is 7.11 Å². The molecular weight excluding hydrogens is 234 g/mol. The molecule has 0 unspecified atom stereocenters. The first-order valence-electron chi connectivity index (χ1n) is 5.71. The third kappa shape index (κ3) is 2.61. The number of carboxylic acids is 1. The molecule has 2 rings (SSSR count). The fourth-order valence-electron chi connectivity index (χ4n) is 2.07. The van der Waals surface area contributed by atoms with Crippen molar-refractivity contribution in [2.75, 3.05) is 13.7 Å². The molecule has 1 atom stereocenters. The third-order valence-electron chi connectivity index (χ3n) is 3.06. The van der Waals surface area contributed by atoms with Crippen molar-refractivity contribution in [3.05, 3.63) is 29.8 Å². The molecule has 0 aromatic heterocycles. The molecule has 1 heterocycles. The van der Waals surface area contributed by atoms with E-state index in [-0.39, 0.29) is 18.9 Å². The molecule has 1 aliphatic rings. The minimum absolute atomic E-state index is 0.0340. The lowest BCUT2D eigenvalue weighted by atomic mass is 10.1. The zero-order valence-corrected chi connectivity index (χ0v) is 10.1. The summed E-state index contributed by atoms with van der Waals surface area (Å²) in [5.41, 5.74) is 0.918. The molecule has 0 N–H and O–H groups in total. The largest absolute Gasteiger partial charge is 0.550 e. The zero-order valence-electron chi connectivity index (χ0n) is 10.1. The van der Waals surface area contributed by atoms with Crippen molar-refractivity contribution >= 4 is 11.9 Å². The summed E-state index contributed by atoms with van der Waals surface area (Å²) in [6.07, 6.45) is 0.0340. The van der Waals surface area contributed by atoms with E-state index in [2.05, 4.69) is 0 Å². The Bertz CT molecular complexity index is 472. The number of nitrogens with zero attached hydrogens (tertiary/aromatic N) is 1. The fraction of sp³-hybridized carbons (Fsp3) is 0.385. The van der Waals surface area contributed by atoms with Gasteiger partial charge >= 0.3 is 0 Å². The lowest BCUT2D eigenvalue weighted by Crippen LogP contribution is -2.33. The van der Waals surface area contributed by atoms with Crippen molar-refractivity contribution in [1.82, 2.24) is 4.90 Å². The normalized spacial score (nSPS) is 19.1. The van der Waals surface area contributed by atoms with Gasteiger partial charge in [-0.3, -0.25) is 4.79 Å². The molecule has 1 saturated heterocycles. The molecule has 5 heteroatoms. The van der Waals surface area contributed by atoms with E-state index < -0.39 is 11.9 Å². The Kier molecular flexibility index (Phi) is 3.50. The van der Waals surface area contributed by atoms with E-state index in [0.717, 1.165) is 11.3 Å². The van der Waals surface area contributed by atoms with Crippen LogP contribution < -0.4 is 9.84 Å². The molecule has 96 valence electrons. The van der Waals surface area contributed by atoms with Crippen LogP contribution in [0.2, 0.25) is 0 Å². The number of aliphatic carboxylic acids is 1. The predicted octanol–water partition coefficient (Wildman–Crippen LogP) is -0.206. The Morgan fingerprint density at radius 2 is 2.33 bits per heavy atom. The van der Waals surface area contributed by atoms with Crippen molar-refractivity contribution in [3.8, 4) is 5.75 Å². The maximum Gasteiger partial charge on any atom is 0.223 e. The number of hydrogen-bond donors (Lipinski definition) is 0. The average molecular weight is 248 g/mol. The van der Waals surface area contributed by atoms with E-state index in [1.54, 1.807) is 7.11 Å². The number of benzene rings is 1. The first kappa shape index (κ1) is 12.4. The molecule has 0 bridgehead atoms. The van der Waals surface area contributed by atoms with Gasteiger partial charge in [-0.1, -0.05) is 12.1 Å². The molecule has 0 spiro atoms. The van der Waals surface area contributed by atoms with Crippen molar-refractivity contribution in [2.45, 2.75) is 13.0 Å². The van der Waals surface area contributed by atoms with E-state index in [1.807, 2.05) is 24.3 Å². The van der Waals surface area contributed by atoms with E-state index in [1.165, 1.54) is 4.90 Å². The van der Waals surface area contributed by atoms with E-state index >= 15 is 0 Å². The van der Waals surface area contributed by atoms with Crippen LogP contribution in [0.15, 0.2) is 24.3 Å². The van der Waals surface area contributed by atoms with Crippen LogP contribution in [0.4, 0.5) is 0 Å². The minimum Gasteiger partial charge on any atom is -0.550 e. The van der Waals surface area contributed by atoms with Gasteiger partial charge in [0, 0.05) is 31.4 Å². The van der Waals surface area contributed by atoms with E-state index in [0.29, 0.717) is 6.54 Å². The quantitative estimate of drug-likeness (QED) is 0.739. The molecule has 1 aliphatic heterocycles. The Labute approximate surface area is 105 Å². The minimum atomic E-state index is -1.16. The van der Waals surface area contributed by atoms with Gasteiger partial charge in [0.1, 0.15) is 5.75 Å². The molecule has 1 aromatic carbocycles. The van der Waals surface area contributed by atoms with Crippen LogP contribution in [0.25, 0.3) is 0 Å². The summed E-state index contributed by atoms with van der Waals surface area (Å²) in [5, 5.41) is 10.7. The number of carbonyl (C=O) groups excluding carboxylic acids is 2. The second-order valence-corrected chi connectivity index (χ2v) is 4.35. The summed E-state index contributed by atoms with van der Waals surface area (Å²) in [4.78, 5) is 23.9. The summed E-state index contributed by atoms with van der Waals surface area (Å²) < 4.78 is 5.10. The van der Waals surface area contributed by atoms with Crippen LogP contribution in [0, 0.1) is 5.92 Å². The molecule has 0 saturated carbocycles. The predicted molar refractivity (Wildman–Crippen MR) is 61.5 cm³/mol. The number of amides is 1. The lowest BCUT2D eigenvalue weighted by molar-refractivity contribution is -0.311. The Hall–Kier alpha value is -2.04. The number of carbonyl (C=O) groups is 2. The van der Waals surface area contributed by atoms with Crippen molar-refractivity contribution in [3.63, 3.8) is 0 Å². The van der Waals surface area contributed by atoms with Gasteiger partial charge in [0.15, 0.2) is 0 Å². The topological polar surface area (TPSA) is 69.7 Å². The van der Waals surface area contributed by atoms with Crippen molar-refractivity contribution in [1.29, 1.82) is 0 Å². The Balaban J connectivity index is 2.05. The van der Waals surface area contributed by atoms with E-state index in [4.69, 9.17) is 4.74 Å². The average Bonchev–Trinajstić information content (AvgIpc) is 2.71. The summed E-state index contributed by atoms with van der Waals surface area (Å²) >= 11 is 0. The highest BCUT2D eigenvalue weighted by Crippen LogP contribution is 2.21. The zero-order chi connectivity index (χ0) is 13.1. The smallest absolute Gasteiger partial charge is 0.223 e.